The first-order valence-corrected chi connectivity index (χ1v) is 8.12. The molecule has 0 spiro atoms. The van der Waals surface area contributed by atoms with Crippen LogP contribution in [0.25, 0.3) is 0 Å². The summed E-state index contributed by atoms with van der Waals surface area (Å²) < 4.78 is 7.72. The maximum absolute atomic E-state index is 10.9. The molecule has 8 heteroatoms. The Balaban J connectivity index is 1.76. The lowest BCUT2D eigenvalue weighted by molar-refractivity contribution is -0.389. The molecule has 0 bridgehead atoms. The zero-order valence-corrected chi connectivity index (χ0v) is 15.1. The summed E-state index contributed by atoms with van der Waals surface area (Å²) in [6.45, 7) is 4.65. The van der Waals surface area contributed by atoms with Crippen LogP contribution in [0.4, 0.5) is 11.5 Å². The van der Waals surface area contributed by atoms with Crippen LogP contribution in [-0.4, -0.2) is 46.2 Å². The first kappa shape index (κ1) is 17.2. The van der Waals surface area contributed by atoms with Crippen molar-refractivity contribution >= 4 is 11.5 Å². The van der Waals surface area contributed by atoms with Crippen molar-refractivity contribution in [3.63, 3.8) is 0 Å². The number of aromatic nitrogens is 2. The van der Waals surface area contributed by atoms with E-state index in [1.165, 1.54) is 11.8 Å². The minimum atomic E-state index is -0.627. The van der Waals surface area contributed by atoms with Crippen molar-refractivity contribution in [2.75, 3.05) is 26.0 Å². The summed E-state index contributed by atoms with van der Waals surface area (Å²) in [6.07, 6.45) is 1.44. The Kier molecular flexibility index (Phi) is 4.16. The minimum Gasteiger partial charge on any atom is -0.422 e. The van der Waals surface area contributed by atoms with Crippen molar-refractivity contribution in [1.82, 2.24) is 14.5 Å². The van der Waals surface area contributed by atoms with Gasteiger partial charge in [-0.2, -0.15) is 0 Å². The molecule has 0 N–H and O–H groups in total. The van der Waals surface area contributed by atoms with Crippen molar-refractivity contribution in [3.05, 3.63) is 46.1 Å². The monoisotopic (exact) mass is 345 g/mol. The number of nitrogens with zero attached hydrogens (tertiary/aromatic N) is 5. The van der Waals surface area contributed by atoms with E-state index >= 15 is 0 Å². The molecule has 1 aromatic heterocycles. The van der Waals surface area contributed by atoms with Crippen LogP contribution in [0.15, 0.2) is 30.5 Å². The molecule has 0 saturated carbocycles. The Morgan fingerprint density at radius 1 is 1.32 bits per heavy atom. The quantitative estimate of drug-likeness (QED) is 0.612. The normalized spacial score (nSPS) is 21.9. The molecule has 134 valence electrons. The highest BCUT2D eigenvalue weighted by Crippen LogP contribution is 2.41. The van der Waals surface area contributed by atoms with Gasteiger partial charge in [-0.1, -0.05) is 12.1 Å². The van der Waals surface area contributed by atoms with Crippen molar-refractivity contribution < 1.29 is 9.66 Å². The Morgan fingerprint density at radius 2 is 1.96 bits per heavy atom. The van der Waals surface area contributed by atoms with Crippen LogP contribution >= 0.6 is 0 Å². The van der Waals surface area contributed by atoms with Crippen LogP contribution in [0, 0.1) is 10.1 Å². The van der Waals surface area contributed by atoms with E-state index in [-0.39, 0.29) is 17.9 Å². The summed E-state index contributed by atoms with van der Waals surface area (Å²) in [5, 5.41) is 10.9. The fourth-order valence-corrected chi connectivity index (χ4v) is 3.06. The van der Waals surface area contributed by atoms with E-state index in [9.17, 15) is 10.1 Å². The molecule has 2 aromatic rings. The molecular formula is C17H23N5O3. The molecule has 1 aliphatic rings. The molecule has 1 aliphatic heterocycles. The zero-order chi connectivity index (χ0) is 18.4. The van der Waals surface area contributed by atoms with Crippen LogP contribution in [0.2, 0.25) is 0 Å². The maximum Gasteiger partial charge on any atom is 0.416 e. The van der Waals surface area contributed by atoms with Crippen LogP contribution in [0.3, 0.4) is 0 Å². The van der Waals surface area contributed by atoms with Gasteiger partial charge in [-0.3, -0.25) is 9.47 Å². The van der Waals surface area contributed by atoms with E-state index in [4.69, 9.17) is 4.74 Å². The number of fused-ring (bicyclic) bond motifs is 1. The van der Waals surface area contributed by atoms with Crippen LogP contribution in [0.1, 0.15) is 25.5 Å². The average Bonchev–Trinajstić information content (AvgIpc) is 3.07. The lowest BCUT2D eigenvalue weighted by atomic mass is 10.1. The van der Waals surface area contributed by atoms with Gasteiger partial charge in [0.15, 0.2) is 5.72 Å². The SMILES string of the molecule is CC1n2cc([N+](=O)[O-])nc2O[C@]1(C)N(C)Cc1ccc(N(C)C)cc1. The van der Waals surface area contributed by atoms with E-state index in [2.05, 4.69) is 39.0 Å². The Labute approximate surface area is 146 Å². The van der Waals surface area contributed by atoms with Crippen molar-refractivity contribution in [3.8, 4) is 6.01 Å². The molecule has 1 unspecified atom stereocenters. The van der Waals surface area contributed by atoms with Gasteiger partial charge in [-0.15, -0.1) is 0 Å². The predicted molar refractivity (Wildman–Crippen MR) is 94.9 cm³/mol. The number of benzene rings is 1. The predicted octanol–water partition coefficient (Wildman–Crippen LogP) is 2.66. The van der Waals surface area contributed by atoms with Gasteiger partial charge in [0.05, 0.1) is 6.04 Å². The lowest BCUT2D eigenvalue weighted by Gasteiger charge is -2.36. The molecular weight excluding hydrogens is 322 g/mol. The van der Waals surface area contributed by atoms with Gasteiger partial charge in [-0.05, 0) is 43.5 Å². The topological polar surface area (TPSA) is 76.7 Å². The second-order valence-corrected chi connectivity index (χ2v) is 6.80. The van der Waals surface area contributed by atoms with Gasteiger partial charge in [0.2, 0.25) is 0 Å². The second kappa shape index (κ2) is 6.03. The smallest absolute Gasteiger partial charge is 0.416 e. The van der Waals surface area contributed by atoms with Gasteiger partial charge < -0.3 is 19.8 Å². The summed E-state index contributed by atoms with van der Waals surface area (Å²) in [5.74, 6) is -0.189. The Hall–Kier alpha value is -2.61. The van der Waals surface area contributed by atoms with E-state index in [0.29, 0.717) is 6.54 Å². The minimum absolute atomic E-state index is 0.102. The molecule has 0 radical (unpaired) electrons. The van der Waals surface area contributed by atoms with Crippen LogP contribution in [-0.2, 0) is 6.54 Å². The standard InChI is InChI=1S/C17H23N5O3/c1-12-17(2,25-16-18-15(22(23)24)11-21(12)16)20(5)10-13-6-8-14(9-7-13)19(3)4/h6-9,11-12H,10H2,1-5H3/t12?,17-/m0/s1. The second-order valence-electron chi connectivity index (χ2n) is 6.80. The number of hydrogen-bond acceptors (Lipinski definition) is 6. The van der Waals surface area contributed by atoms with Gasteiger partial charge in [-0.25, -0.2) is 0 Å². The molecule has 25 heavy (non-hydrogen) atoms. The molecule has 8 nitrogen and oxygen atoms in total. The number of nitro groups is 1. The third-order valence-electron chi connectivity index (χ3n) is 4.99. The van der Waals surface area contributed by atoms with Crippen LogP contribution in [0.5, 0.6) is 6.01 Å². The maximum atomic E-state index is 10.9. The molecule has 0 amide bonds. The number of likely N-dealkylation sites (N-methyl/N-ethyl adjacent to an activating group) is 1. The third-order valence-corrected chi connectivity index (χ3v) is 4.99. The van der Waals surface area contributed by atoms with Crippen molar-refractivity contribution in [2.24, 2.45) is 0 Å². The molecule has 2 heterocycles. The summed E-state index contributed by atoms with van der Waals surface area (Å²) >= 11 is 0. The molecule has 0 aliphatic carbocycles. The number of ether oxygens (including phenoxy) is 1. The number of anilines is 1. The summed E-state index contributed by atoms with van der Waals surface area (Å²) in [4.78, 5) is 18.5. The molecule has 3 rings (SSSR count). The number of imidazole rings is 1. The zero-order valence-electron chi connectivity index (χ0n) is 15.1. The first-order valence-electron chi connectivity index (χ1n) is 8.12. The van der Waals surface area contributed by atoms with Gasteiger partial charge in [0.1, 0.15) is 6.20 Å². The van der Waals surface area contributed by atoms with Gasteiger partial charge in [0, 0.05) is 31.3 Å². The first-order chi connectivity index (χ1) is 11.7. The van der Waals surface area contributed by atoms with E-state index < -0.39 is 10.6 Å². The van der Waals surface area contributed by atoms with E-state index in [0.717, 1.165) is 5.69 Å². The fraction of sp³-hybridized carbons (Fsp3) is 0.471. The highest BCUT2D eigenvalue weighted by atomic mass is 16.6. The van der Waals surface area contributed by atoms with Gasteiger partial charge >= 0.3 is 11.8 Å². The third kappa shape index (κ3) is 2.93. The Morgan fingerprint density at radius 3 is 2.48 bits per heavy atom. The molecule has 1 aromatic carbocycles. The molecule has 0 saturated heterocycles. The summed E-state index contributed by atoms with van der Waals surface area (Å²) in [5.41, 5.74) is 1.69. The summed E-state index contributed by atoms with van der Waals surface area (Å²) in [7, 11) is 6.00. The average molecular weight is 345 g/mol. The lowest BCUT2D eigenvalue weighted by Crippen LogP contribution is -2.49. The fourth-order valence-electron chi connectivity index (χ4n) is 3.06. The number of hydrogen-bond donors (Lipinski definition) is 0. The van der Waals surface area contributed by atoms with Crippen molar-refractivity contribution in [1.29, 1.82) is 0 Å². The van der Waals surface area contributed by atoms with Crippen molar-refractivity contribution in [2.45, 2.75) is 32.2 Å². The molecule has 2 atom stereocenters. The Bertz CT molecular complexity index is 786. The summed E-state index contributed by atoms with van der Waals surface area (Å²) in [6, 6.07) is 8.54. The van der Waals surface area contributed by atoms with E-state index in [1.807, 2.05) is 35.0 Å². The largest absolute Gasteiger partial charge is 0.422 e. The highest BCUT2D eigenvalue weighted by Gasteiger charge is 2.49. The number of rotatable bonds is 5. The van der Waals surface area contributed by atoms with Gasteiger partial charge in [0.25, 0.3) is 0 Å². The van der Waals surface area contributed by atoms with E-state index in [1.54, 1.807) is 4.57 Å². The highest BCUT2D eigenvalue weighted by molar-refractivity contribution is 5.46. The van der Waals surface area contributed by atoms with Crippen LogP contribution < -0.4 is 9.64 Å². The molecule has 0 fully saturated rings.